The summed E-state index contributed by atoms with van der Waals surface area (Å²) in [6.45, 7) is 2.34. The molecule has 0 saturated carbocycles. The normalized spacial score (nSPS) is 11.4. The molecule has 8 heavy (non-hydrogen) atoms. The number of rotatable bonds is 2. The van der Waals surface area contributed by atoms with E-state index in [4.69, 9.17) is 11.6 Å². The Kier molecular flexibility index (Phi) is 3.69. The zero-order valence-electron chi connectivity index (χ0n) is 4.72. The van der Waals surface area contributed by atoms with E-state index >= 15 is 0 Å². The fourth-order valence-corrected chi connectivity index (χ4v) is 0.172. The zero-order chi connectivity index (χ0) is 6.41. The summed E-state index contributed by atoms with van der Waals surface area (Å²) >= 11 is 0. The lowest BCUT2D eigenvalue weighted by molar-refractivity contribution is 0.0957. The van der Waals surface area contributed by atoms with E-state index in [1.807, 2.05) is 6.92 Å². The van der Waals surface area contributed by atoms with Crippen molar-refractivity contribution in [3.8, 4) is 0 Å². The van der Waals surface area contributed by atoms with Crippen molar-refractivity contribution in [2.75, 3.05) is 6.61 Å². The van der Waals surface area contributed by atoms with Gasteiger partial charge in [-0.3, -0.25) is 4.84 Å². The van der Waals surface area contributed by atoms with Crippen LogP contribution in [-0.2, 0) is 4.84 Å². The van der Waals surface area contributed by atoms with Gasteiger partial charge in [0.1, 0.15) is 0 Å². The third-order valence-corrected chi connectivity index (χ3v) is 0.460. The SMILES string of the molecule is CCONC(N)=NN. The van der Waals surface area contributed by atoms with Crippen LogP contribution in [0.3, 0.4) is 0 Å². The Morgan fingerprint density at radius 1 is 1.88 bits per heavy atom. The molecule has 0 aromatic rings. The summed E-state index contributed by atoms with van der Waals surface area (Å²) in [6, 6.07) is 0. The highest BCUT2D eigenvalue weighted by molar-refractivity contribution is 5.76. The van der Waals surface area contributed by atoms with Gasteiger partial charge in [-0.25, -0.2) is 5.48 Å². The van der Waals surface area contributed by atoms with Gasteiger partial charge in [0.15, 0.2) is 0 Å². The molecule has 0 aromatic heterocycles. The summed E-state index contributed by atoms with van der Waals surface area (Å²) in [5, 5.41) is 3.08. The van der Waals surface area contributed by atoms with Gasteiger partial charge >= 0.3 is 0 Å². The van der Waals surface area contributed by atoms with E-state index in [0.717, 1.165) is 0 Å². The highest BCUT2D eigenvalue weighted by atomic mass is 16.6. The van der Waals surface area contributed by atoms with Crippen LogP contribution in [-0.4, -0.2) is 12.6 Å². The van der Waals surface area contributed by atoms with Gasteiger partial charge < -0.3 is 11.6 Å². The molecule has 0 aliphatic rings. The summed E-state index contributed by atoms with van der Waals surface area (Å²) in [7, 11) is 0. The van der Waals surface area contributed by atoms with E-state index in [2.05, 4.69) is 15.4 Å². The third-order valence-electron chi connectivity index (χ3n) is 0.460. The van der Waals surface area contributed by atoms with Crippen molar-refractivity contribution < 1.29 is 4.84 Å². The van der Waals surface area contributed by atoms with Gasteiger partial charge in [0.2, 0.25) is 5.96 Å². The second kappa shape index (κ2) is 4.20. The van der Waals surface area contributed by atoms with Gasteiger partial charge in [-0.2, -0.15) is 0 Å². The Balaban J connectivity index is 3.12. The topological polar surface area (TPSA) is 85.7 Å². The van der Waals surface area contributed by atoms with E-state index in [1.165, 1.54) is 0 Å². The van der Waals surface area contributed by atoms with Gasteiger partial charge in [-0.15, -0.1) is 5.10 Å². The molecule has 0 heterocycles. The minimum Gasteiger partial charge on any atom is -0.367 e. The monoisotopic (exact) mass is 118 g/mol. The molecule has 0 atom stereocenters. The number of nitrogens with one attached hydrogen (secondary N) is 1. The van der Waals surface area contributed by atoms with E-state index in [1.54, 1.807) is 0 Å². The molecular formula is C3H10N4O. The molecule has 0 rings (SSSR count). The zero-order valence-corrected chi connectivity index (χ0v) is 4.72. The lowest BCUT2D eigenvalue weighted by atomic mass is 10.9. The number of nitrogens with two attached hydrogens (primary N) is 2. The molecule has 0 spiro atoms. The number of nitrogens with zero attached hydrogens (tertiary/aromatic N) is 1. The van der Waals surface area contributed by atoms with Crippen LogP contribution < -0.4 is 17.1 Å². The second-order valence-corrected chi connectivity index (χ2v) is 1.05. The molecule has 0 unspecified atom stereocenters. The molecule has 0 amide bonds. The molecule has 5 N–H and O–H groups in total. The van der Waals surface area contributed by atoms with Crippen molar-refractivity contribution in [1.29, 1.82) is 0 Å². The van der Waals surface area contributed by atoms with E-state index in [9.17, 15) is 0 Å². The van der Waals surface area contributed by atoms with Crippen molar-refractivity contribution in [3.63, 3.8) is 0 Å². The number of hydrogen-bond donors (Lipinski definition) is 3. The Morgan fingerprint density at radius 3 is 2.88 bits per heavy atom. The standard InChI is InChI=1S/C3H10N4O/c1-2-8-7-3(4)6-5/h2,5H2,1H3,(H3,4,6,7). The average molecular weight is 118 g/mol. The first-order chi connectivity index (χ1) is 3.81. The second-order valence-electron chi connectivity index (χ2n) is 1.05. The largest absolute Gasteiger partial charge is 0.367 e. The lowest BCUT2D eigenvalue weighted by Crippen LogP contribution is -2.32. The van der Waals surface area contributed by atoms with Crippen molar-refractivity contribution >= 4 is 5.96 Å². The Morgan fingerprint density at radius 2 is 2.50 bits per heavy atom. The van der Waals surface area contributed by atoms with Crippen LogP contribution >= 0.6 is 0 Å². The summed E-state index contributed by atoms with van der Waals surface area (Å²) in [4.78, 5) is 4.60. The quantitative estimate of drug-likeness (QED) is 0.182. The number of hydrazone groups is 1. The third kappa shape index (κ3) is 3.23. The summed E-state index contributed by atoms with van der Waals surface area (Å²) in [5.41, 5.74) is 7.33. The molecule has 5 heteroatoms. The summed E-state index contributed by atoms with van der Waals surface area (Å²) < 4.78 is 0. The Hall–Kier alpha value is -0.970. The van der Waals surface area contributed by atoms with Crippen LogP contribution in [0.25, 0.3) is 0 Å². The van der Waals surface area contributed by atoms with Crippen molar-refractivity contribution in [3.05, 3.63) is 0 Å². The number of guanidine groups is 1. The molecule has 0 aliphatic heterocycles. The van der Waals surface area contributed by atoms with Crippen LogP contribution in [0.5, 0.6) is 0 Å². The summed E-state index contributed by atoms with van der Waals surface area (Å²) in [6.07, 6.45) is 0. The predicted octanol–water partition coefficient (Wildman–Crippen LogP) is -1.28. The lowest BCUT2D eigenvalue weighted by Gasteiger charge is -1.99. The Bertz CT molecular complexity index is 81.4. The molecule has 5 nitrogen and oxygen atoms in total. The van der Waals surface area contributed by atoms with Crippen LogP contribution in [0.4, 0.5) is 0 Å². The maximum absolute atomic E-state index is 5.05. The van der Waals surface area contributed by atoms with Gasteiger partial charge in [0, 0.05) is 0 Å². The Labute approximate surface area is 47.6 Å². The molecule has 0 radical (unpaired) electrons. The number of hydroxylamine groups is 1. The van der Waals surface area contributed by atoms with Gasteiger partial charge in [0.25, 0.3) is 0 Å². The fourth-order valence-electron chi connectivity index (χ4n) is 0.172. The minimum atomic E-state index is 0.0758. The van der Waals surface area contributed by atoms with E-state index in [-0.39, 0.29) is 5.96 Å². The van der Waals surface area contributed by atoms with Gasteiger partial charge in [-0.1, -0.05) is 0 Å². The van der Waals surface area contributed by atoms with Crippen LogP contribution in [0, 0.1) is 0 Å². The average Bonchev–Trinajstić information content (AvgIpc) is 1.83. The molecule has 48 valence electrons. The van der Waals surface area contributed by atoms with Crippen molar-refractivity contribution in [2.45, 2.75) is 6.92 Å². The molecule has 0 aliphatic carbocycles. The van der Waals surface area contributed by atoms with Crippen LogP contribution in [0.15, 0.2) is 5.10 Å². The summed E-state index contributed by atoms with van der Waals surface area (Å²) in [5.74, 6) is 4.81. The molecular weight excluding hydrogens is 108 g/mol. The highest BCUT2D eigenvalue weighted by Crippen LogP contribution is 1.60. The van der Waals surface area contributed by atoms with Crippen molar-refractivity contribution in [2.24, 2.45) is 16.7 Å². The maximum Gasteiger partial charge on any atom is 0.234 e. The predicted molar refractivity (Wildman–Crippen MR) is 30.6 cm³/mol. The van der Waals surface area contributed by atoms with Crippen LogP contribution in [0.1, 0.15) is 6.92 Å². The van der Waals surface area contributed by atoms with Gasteiger partial charge in [-0.05, 0) is 6.92 Å². The molecule has 0 bridgehead atoms. The molecule has 0 fully saturated rings. The van der Waals surface area contributed by atoms with E-state index in [0.29, 0.717) is 6.61 Å². The first-order valence-corrected chi connectivity index (χ1v) is 2.22. The molecule has 0 aromatic carbocycles. The highest BCUT2D eigenvalue weighted by Gasteiger charge is 1.82. The minimum absolute atomic E-state index is 0.0758. The first-order valence-electron chi connectivity index (χ1n) is 2.22. The number of hydrogen-bond acceptors (Lipinski definition) is 3. The smallest absolute Gasteiger partial charge is 0.234 e. The molecule has 0 saturated heterocycles. The van der Waals surface area contributed by atoms with Crippen LogP contribution in [0.2, 0.25) is 0 Å². The first kappa shape index (κ1) is 7.03. The maximum atomic E-state index is 5.05. The van der Waals surface area contributed by atoms with E-state index < -0.39 is 0 Å². The van der Waals surface area contributed by atoms with Crippen molar-refractivity contribution in [1.82, 2.24) is 5.48 Å². The fraction of sp³-hybridized carbons (Fsp3) is 0.667. The van der Waals surface area contributed by atoms with Gasteiger partial charge in [0.05, 0.1) is 6.61 Å².